The Kier molecular flexibility index (Phi) is 3.23. The van der Waals surface area contributed by atoms with E-state index in [2.05, 4.69) is 29.1 Å². The molecule has 0 aromatic carbocycles. The van der Waals surface area contributed by atoms with E-state index in [4.69, 9.17) is 0 Å². The Morgan fingerprint density at radius 3 is 2.54 bits per heavy atom. The van der Waals surface area contributed by atoms with Crippen LogP contribution in [0.2, 0.25) is 0 Å². The molecule has 1 N–H and O–H groups in total. The zero-order chi connectivity index (χ0) is 9.84. The first-order valence-electron chi connectivity index (χ1n) is 4.63. The van der Waals surface area contributed by atoms with Crippen LogP contribution in [-0.4, -0.2) is 16.5 Å². The summed E-state index contributed by atoms with van der Waals surface area (Å²) in [5.74, 6) is 1.50. The SMILES string of the molecule is Cc1ncc(NCC(C)C)nc1C. The standard InChI is InChI=1S/C10H17N3/c1-7(2)5-12-10-6-11-8(3)9(4)13-10/h6-7H,5H2,1-4H3,(H,12,13). The fourth-order valence-electron chi connectivity index (χ4n) is 0.936. The Hall–Kier alpha value is -1.12. The molecule has 72 valence electrons. The first-order chi connectivity index (χ1) is 6.09. The maximum Gasteiger partial charge on any atom is 0.144 e. The van der Waals surface area contributed by atoms with Gasteiger partial charge in [0.1, 0.15) is 5.82 Å². The summed E-state index contributed by atoms with van der Waals surface area (Å²) in [6, 6.07) is 0. The van der Waals surface area contributed by atoms with Crippen LogP contribution >= 0.6 is 0 Å². The van der Waals surface area contributed by atoms with Crippen LogP contribution in [0.4, 0.5) is 5.82 Å². The van der Waals surface area contributed by atoms with Crippen molar-refractivity contribution in [3.63, 3.8) is 0 Å². The molecule has 0 aliphatic rings. The summed E-state index contributed by atoms with van der Waals surface area (Å²) in [4.78, 5) is 8.60. The van der Waals surface area contributed by atoms with E-state index in [-0.39, 0.29) is 0 Å². The fraction of sp³-hybridized carbons (Fsp3) is 0.600. The number of hydrogen-bond acceptors (Lipinski definition) is 3. The maximum absolute atomic E-state index is 4.37. The molecule has 0 fully saturated rings. The second kappa shape index (κ2) is 4.21. The third kappa shape index (κ3) is 3.01. The Morgan fingerprint density at radius 2 is 2.00 bits per heavy atom. The molecule has 0 bridgehead atoms. The third-order valence-electron chi connectivity index (χ3n) is 1.88. The van der Waals surface area contributed by atoms with E-state index in [1.165, 1.54) is 0 Å². The van der Waals surface area contributed by atoms with Gasteiger partial charge in [-0.15, -0.1) is 0 Å². The highest BCUT2D eigenvalue weighted by molar-refractivity contribution is 5.33. The molecule has 3 nitrogen and oxygen atoms in total. The molecule has 1 heterocycles. The van der Waals surface area contributed by atoms with Gasteiger partial charge in [-0.1, -0.05) is 13.8 Å². The average molecular weight is 179 g/mol. The smallest absolute Gasteiger partial charge is 0.144 e. The molecular formula is C10H17N3. The van der Waals surface area contributed by atoms with Gasteiger partial charge in [-0.3, -0.25) is 4.98 Å². The lowest BCUT2D eigenvalue weighted by atomic mass is 10.2. The highest BCUT2D eigenvalue weighted by Crippen LogP contribution is 2.06. The number of anilines is 1. The topological polar surface area (TPSA) is 37.8 Å². The third-order valence-corrected chi connectivity index (χ3v) is 1.88. The molecule has 0 aliphatic carbocycles. The monoisotopic (exact) mass is 179 g/mol. The lowest BCUT2D eigenvalue weighted by Crippen LogP contribution is -2.10. The number of nitrogens with zero attached hydrogens (tertiary/aromatic N) is 2. The molecule has 0 unspecified atom stereocenters. The minimum absolute atomic E-state index is 0.628. The van der Waals surface area contributed by atoms with Gasteiger partial charge in [0.2, 0.25) is 0 Å². The molecule has 3 heteroatoms. The zero-order valence-corrected chi connectivity index (χ0v) is 8.76. The van der Waals surface area contributed by atoms with Gasteiger partial charge in [-0.05, 0) is 19.8 Å². The molecule has 0 amide bonds. The van der Waals surface area contributed by atoms with Gasteiger partial charge >= 0.3 is 0 Å². The normalized spacial score (nSPS) is 10.5. The predicted octanol–water partition coefficient (Wildman–Crippen LogP) is 2.16. The molecular weight excluding hydrogens is 162 g/mol. The van der Waals surface area contributed by atoms with Crippen LogP contribution in [0.15, 0.2) is 6.20 Å². The largest absolute Gasteiger partial charge is 0.369 e. The van der Waals surface area contributed by atoms with Crippen molar-refractivity contribution >= 4 is 5.82 Å². The second-order valence-corrected chi connectivity index (χ2v) is 3.70. The molecule has 0 radical (unpaired) electrons. The van der Waals surface area contributed by atoms with E-state index in [1.54, 1.807) is 6.20 Å². The summed E-state index contributed by atoms with van der Waals surface area (Å²) in [5.41, 5.74) is 1.99. The van der Waals surface area contributed by atoms with Crippen LogP contribution in [0.25, 0.3) is 0 Å². The van der Waals surface area contributed by atoms with Crippen molar-refractivity contribution < 1.29 is 0 Å². The van der Waals surface area contributed by atoms with Gasteiger partial charge in [-0.25, -0.2) is 4.98 Å². The zero-order valence-electron chi connectivity index (χ0n) is 8.76. The molecule has 0 aliphatic heterocycles. The predicted molar refractivity (Wildman–Crippen MR) is 54.8 cm³/mol. The summed E-state index contributed by atoms with van der Waals surface area (Å²) >= 11 is 0. The Bertz CT molecular complexity index is 281. The van der Waals surface area contributed by atoms with Crippen molar-refractivity contribution in [1.82, 2.24) is 9.97 Å². The maximum atomic E-state index is 4.37. The quantitative estimate of drug-likeness (QED) is 0.772. The lowest BCUT2D eigenvalue weighted by molar-refractivity contribution is 0.686. The minimum atomic E-state index is 0.628. The summed E-state index contributed by atoms with van der Waals surface area (Å²) in [5, 5.41) is 3.24. The number of aromatic nitrogens is 2. The van der Waals surface area contributed by atoms with E-state index in [9.17, 15) is 0 Å². The lowest BCUT2D eigenvalue weighted by Gasteiger charge is -2.08. The first kappa shape index (κ1) is 9.96. The Labute approximate surface area is 79.6 Å². The van der Waals surface area contributed by atoms with E-state index in [0.29, 0.717) is 5.92 Å². The molecule has 13 heavy (non-hydrogen) atoms. The molecule has 1 aromatic rings. The van der Waals surface area contributed by atoms with Crippen molar-refractivity contribution in [3.8, 4) is 0 Å². The first-order valence-corrected chi connectivity index (χ1v) is 4.63. The van der Waals surface area contributed by atoms with Crippen molar-refractivity contribution in [1.29, 1.82) is 0 Å². The van der Waals surface area contributed by atoms with Crippen LogP contribution in [0.3, 0.4) is 0 Å². The highest BCUT2D eigenvalue weighted by atomic mass is 15.0. The highest BCUT2D eigenvalue weighted by Gasteiger charge is 1.99. The molecule has 0 atom stereocenters. The molecule has 0 saturated heterocycles. The fourth-order valence-corrected chi connectivity index (χ4v) is 0.936. The van der Waals surface area contributed by atoms with E-state index in [0.717, 1.165) is 23.8 Å². The molecule has 0 spiro atoms. The van der Waals surface area contributed by atoms with E-state index < -0.39 is 0 Å². The van der Waals surface area contributed by atoms with Gasteiger partial charge in [0, 0.05) is 6.54 Å². The summed E-state index contributed by atoms with van der Waals surface area (Å²) in [6.07, 6.45) is 1.78. The number of aryl methyl sites for hydroxylation is 2. The number of rotatable bonds is 3. The summed E-state index contributed by atoms with van der Waals surface area (Å²) in [6.45, 7) is 9.22. The van der Waals surface area contributed by atoms with Crippen LogP contribution in [0.1, 0.15) is 25.2 Å². The number of nitrogens with one attached hydrogen (secondary N) is 1. The summed E-state index contributed by atoms with van der Waals surface area (Å²) in [7, 11) is 0. The summed E-state index contributed by atoms with van der Waals surface area (Å²) < 4.78 is 0. The average Bonchev–Trinajstić information content (AvgIpc) is 2.07. The van der Waals surface area contributed by atoms with Crippen molar-refractivity contribution in [2.24, 2.45) is 5.92 Å². The van der Waals surface area contributed by atoms with Crippen LogP contribution < -0.4 is 5.32 Å². The van der Waals surface area contributed by atoms with Crippen molar-refractivity contribution in [3.05, 3.63) is 17.6 Å². The van der Waals surface area contributed by atoms with Gasteiger partial charge in [0.25, 0.3) is 0 Å². The van der Waals surface area contributed by atoms with Crippen molar-refractivity contribution in [2.75, 3.05) is 11.9 Å². The van der Waals surface area contributed by atoms with E-state index >= 15 is 0 Å². The van der Waals surface area contributed by atoms with E-state index in [1.807, 2.05) is 13.8 Å². The second-order valence-electron chi connectivity index (χ2n) is 3.70. The van der Waals surface area contributed by atoms with Crippen molar-refractivity contribution in [2.45, 2.75) is 27.7 Å². The Balaban J connectivity index is 2.63. The minimum Gasteiger partial charge on any atom is -0.369 e. The van der Waals surface area contributed by atoms with Crippen LogP contribution in [-0.2, 0) is 0 Å². The van der Waals surface area contributed by atoms with Gasteiger partial charge in [-0.2, -0.15) is 0 Å². The van der Waals surface area contributed by atoms with Gasteiger partial charge in [0.05, 0.1) is 17.6 Å². The number of hydrogen-bond donors (Lipinski definition) is 1. The molecule has 0 saturated carbocycles. The van der Waals surface area contributed by atoms with Gasteiger partial charge < -0.3 is 5.32 Å². The van der Waals surface area contributed by atoms with Crippen LogP contribution in [0.5, 0.6) is 0 Å². The molecule has 1 rings (SSSR count). The van der Waals surface area contributed by atoms with Gasteiger partial charge in [0.15, 0.2) is 0 Å². The Morgan fingerprint density at radius 1 is 1.31 bits per heavy atom. The molecule has 1 aromatic heterocycles. The van der Waals surface area contributed by atoms with Crippen LogP contribution in [0, 0.1) is 19.8 Å².